The Balaban J connectivity index is 1.37. The molecular formula is C27H32N2O2. The maximum Gasteiger partial charge on any atom is 0.233 e. The third kappa shape index (κ3) is 3.56. The van der Waals surface area contributed by atoms with E-state index in [1.165, 1.54) is 11.1 Å². The summed E-state index contributed by atoms with van der Waals surface area (Å²) in [6.07, 6.45) is 6.51. The molecule has 1 saturated carbocycles. The van der Waals surface area contributed by atoms with Gasteiger partial charge >= 0.3 is 0 Å². The van der Waals surface area contributed by atoms with E-state index < -0.39 is 0 Å². The van der Waals surface area contributed by atoms with E-state index in [1.54, 1.807) is 0 Å². The van der Waals surface area contributed by atoms with Crippen LogP contribution < -0.4 is 5.32 Å². The van der Waals surface area contributed by atoms with Gasteiger partial charge in [0.2, 0.25) is 11.8 Å². The molecule has 2 aromatic rings. The van der Waals surface area contributed by atoms with Crippen LogP contribution in [-0.2, 0) is 15.0 Å². The van der Waals surface area contributed by atoms with E-state index in [0.29, 0.717) is 24.8 Å². The molecule has 3 aliphatic rings. The van der Waals surface area contributed by atoms with Gasteiger partial charge in [0.1, 0.15) is 0 Å². The first kappa shape index (κ1) is 20.3. The predicted octanol–water partition coefficient (Wildman–Crippen LogP) is 4.41. The van der Waals surface area contributed by atoms with E-state index >= 15 is 0 Å². The third-order valence-corrected chi connectivity index (χ3v) is 8.20. The molecule has 2 aliphatic heterocycles. The minimum atomic E-state index is -0.353. The summed E-state index contributed by atoms with van der Waals surface area (Å²) in [6.45, 7) is 2.21. The first-order valence-electron chi connectivity index (χ1n) is 11.8. The molecule has 1 N–H and O–H groups in total. The molecule has 31 heavy (non-hydrogen) atoms. The fraction of sp³-hybridized carbons (Fsp3) is 0.481. The number of likely N-dealkylation sites (tertiary alicyclic amines) is 1. The standard InChI is InChI=1S/C27H32N2O2/c30-24-19-26(23(20-28-24)21-9-3-1-4-10-21)15-17-29(18-16-26)25(31)27(13-7-8-14-27)22-11-5-2-6-12-22/h1-6,9-12,23H,7-8,13-20H2,(H,28,30)/t23-/m0/s1. The first-order valence-corrected chi connectivity index (χ1v) is 11.8. The molecule has 1 atom stereocenters. The van der Waals surface area contributed by atoms with Gasteiger partial charge in [-0.3, -0.25) is 9.59 Å². The van der Waals surface area contributed by atoms with Gasteiger partial charge in [-0.05, 0) is 42.2 Å². The van der Waals surface area contributed by atoms with E-state index in [-0.39, 0.29) is 16.7 Å². The van der Waals surface area contributed by atoms with Gasteiger partial charge in [-0.2, -0.15) is 0 Å². The van der Waals surface area contributed by atoms with E-state index in [4.69, 9.17) is 0 Å². The van der Waals surface area contributed by atoms with Crippen LogP contribution in [0.5, 0.6) is 0 Å². The molecule has 0 unspecified atom stereocenters. The molecule has 2 saturated heterocycles. The number of piperidine rings is 2. The molecule has 3 fully saturated rings. The number of hydrogen-bond donors (Lipinski definition) is 1. The zero-order valence-corrected chi connectivity index (χ0v) is 18.2. The average molecular weight is 417 g/mol. The number of hydrogen-bond acceptors (Lipinski definition) is 2. The summed E-state index contributed by atoms with van der Waals surface area (Å²) in [7, 11) is 0. The molecule has 1 spiro atoms. The number of benzene rings is 2. The van der Waals surface area contributed by atoms with Crippen molar-refractivity contribution < 1.29 is 9.59 Å². The van der Waals surface area contributed by atoms with Gasteiger partial charge in [0.05, 0.1) is 5.41 Å². The van der Waals surface area contributed by atoms with Gasteiger partial charge in [0.25, 0.3) is 0 Å². The van der Waals surface area contributed by atoms with Crippen molar-refractivity contribution in [2.24, 2.45) is 5.41 Å². The van der Waals surface area contributed by atoms with Gasteiger partial charge in [0.15, 0.2) is 0 Å². The normalized spacial score (nSPS) is 24.7. The van der Waals surface area contributed by atoms with Crippen molar-refractivity contribution in [3.8, 4) is 0 Å². The van der Waals surface area contributed by atoms with Crippen LogP contribution in [0.1, 0.15) is 62.0 Å². The fourth-order valence-corrected chi connectivity index (χ4v) is 6.44. The molecule has 1 aliphatic carbocycles. The number of nitrogens with one attached hydrogen (secondary N) is 1. The van der Waals surface area contributed by atoms with E-state index in [0.717, 1.165) is 51.6 Å². The summed E-state index contributed by atoms with van der Waals surface area (Å²) < 4.78 is 0. The number of carbonyl (C=O) groups is 2. The highest BCUT2D eigenvalue weighted by Gasteiger charge is 2.50. The Hall–Kier alpha value is -2.62. The highest BCUT2D eigenvalue weighted by atomic mass is 16.2. The van der Waals surface area contributed by atoms with Gasteiger partial charge in [-0.1, -0.05) is 73.5 Å². The lowest BCUT2D eigenvalue weighted by Crippen LogP contribution is -2.55. The van der Waals surface area contributed by atoms with Crippen LogP contribution in [0.3, 0.4) is 0 Å². The van der Waals surface area contributed by atoms with Crippen molar-refractivity contribution in [3.63, 3.8) is 0 Å². The monoisotopic (exact) mass is 416 g/mol. The smallest absolute Gasteiger partial charge is 0.233 e. The lowest BCUT2D eigenvalue weighted by Gasteiger charge is -2.50. The maximum absolute atomic E-state index is 13.9. The summed E-state index contributed by atoms with van der Waals surface area (Å²) in [5, 5.41) is 3.09. The van der Waals surface area contributed by atoms with Gasteiger partial charge in [-0.25, -0.2) is 0 Å². The zero-order valence-electron chi connectivity index (χ0n) is 18.2. The Labute approximate surface area is 185 Å². The summed E-state index contributed by atoms with van der Waals surface area (Å²) in [4.78, 5) is 28.3. The number of rotatable bonds is 3. The van der Waals surface area contributed by atoms with Crippen LogP contribution in [0.4, 0.5) is 0 Å². The van der Waals surface area contributed by atoms with Crippen molar-refractivity contribution in [1.29, 1.82) is 0 Å². The largest absolute Gasteiger partial charge is 0.355 e. The Kier molecular flexibility index (Phi) is 5.33. The van der Waals surface area contributed by atoms with E-state index in [9.17, 15) is 9.59 Å². The second kappa shape index (κ2) is 8.14. The Bertz CT molecular complexity index is 926. The average Bonchev–Trinajstić information content (AvgIpc) is 3.32. The quantitative estimate of drug-likeness (QED) is 0.806. The lowest BCUT2D eigenvalue weighted by molar-refractivity contribution is -0.141. The maximum atomic E-state index is 13.9. The van der Waals surface area contributed by atoms with Gasteiger partial charge in [-0.15, -0.1) is 0 Å². The summed E-state index contributed by atoms with van der Waals surface area (Å²) >= 11 is 0. The van der Waals surface area contributed by atoms with Crippen molar-refractivity contribution in [2.75, 3.05) is 19.6 Å². The molecule has 4 nitrogen and oxygen atoms in total. The molecule has 162 valence electrons. The van der Waals surface area contributed by atoms with E-state index in [1.807, 2.05) is 12.1 Å². The number of amides is 2. The van der Waals surface area contributed by atoms with Crippen molar-refractivity contribution >= 4 is 11.8 Å². The van der Waals surface area contributed by atoms with Crippen LogP contribution in [0.2, 0.25) is 0 Å². The number of nitrogens with zero attached hydrogens (tertiary/aromatic N) is 1. The fourth-order valence-electron chi connectivity index (χ4n) is 6.44. The van der Waals surface area contributed by atoms with Crippen LogP contribution in [0, 0.1) is 5.41 Å². The molecule has 2 amide bonds. The molecule has 0 bridgehead atoms. The van der Waals surface area contributed by atoms with E-state index in [2.05, 4.69) is 58.7 Å². The molecule has 5 rings (SSSR count). The van der Waals surface area contributed by atoms with Crippen LogP contribution >= 0.6 is 0 Å². The SMILES string of the molecule is O=C1CC2(CCN(C(=O)C3(c4ccccc4)CCCC3)CC2)[C@H](c2ccccc2)CN1. The molecule has 2 heterocycles. The third-order valence-electron chi connectivity index (χ3n) is 8.20. The Morgan fingerprint density at radius 1 is 0.871 bits per heavy atom. The molecule has 0 radical (unpaired) electrons. The predicted molar refractivity (Wildman–Crippen MR) is 122 cm³/mol. The Morgan fingerprint density at radius 3 is 2.13 bits per heavy atom. The van der Waals surface area contributed by atoms with Crippen LogP contribution in [-0.4, -0.2) is 36.3 Å². The highest BCUT2D eigenvalue weighted by Crippen LogP contribution is 2.50. The highest BCUT2D eigenvalue weighted by molar-refractivity contribution is 5.89. The first-order chi connectivity index (χ1) is 15.1. The minimum Gasteiger partial charge on any atom is -0.355 e. The Morgan fingerprint density at radius 2 is 1.48 bits per heavy atom. The second-order valence-electron chi connectivity index (χ2n) is 9.75. The van der Waals surface area contributed by atoms with Crippen molar-refractivity contribution in [2.45, 2.75) is 56.3 Å². The lowest BCUT2D eigenvalue weighted by atomic mass is 9.62. The minimum absolute atomic E-state index is 0.0456. The molecule has 2 aromatic carbocycles. The summed E-state index contributed by atoms with van der Waals surface area (Å²) in [5.41, 5.74) is 2.08. The topological polar surface area (TPSA) is 49.4 Å². The number of carbonyl (C=O) groups excluding carboxylic acids is 2. The van der Waals surface area contributed by atoms with Crippen molar-refractivity contribution in [1.82, 2.24) is 10.2 Å². The summed E-state index contributed by atoms with van der Waals surface area (Å²) in [6, 6.07) is 21.0. The molecule has 4 heteroatoms. The van der Waals surface area contributed by atoms with Gasteiger partial charge < -0.3 is 10.2 Å². The van der Waals surface area contributed by atoms with Crippen molar-refractivity contribution in [3.05, 3.63) is 71.8 Å². The van der Waals surface area contributed by atoms with Crippen LogP contribution in [0.25, 0.3) is 0 Å². The second-order valence-corrected chi connectivity index (χ2v) is 9.75. The van der Waals surface area contributed by atoms with Crippen LogP contribution in [0.15, 0.2) is 60.7 Å². The van der Waals surface area contributed by atoms with Gasteiger partial charge in [0, 0.05) is 32.0 Å². The molecule has 0 aromatic heterocycles. The zero-order chi connectivity index (χ0) is 21.3. The molecular weight excluding hydrogens is 384 g/mol. The summed E-state index contributed by atoms with van der Waals surface area (Å²) in [5.74, 6) is 0.782.